The van der Waals surface area contributed by atoms with Crippen LogP contribution in [-0.2, 0) is 14.3 Å². The second kappa shape index (κ2) is 6.41. The predicted octanol–water partition coefficient (Wildman–Crippen LogP) is 2.20. The number of ether oxygens (including phenoxy) is 1. The van der Waals surface area contributed by atoms with Crippen molar-refractivity contribution in [2.45, 2.75) is 46.1 Å². The fourth-order valence-corrected chi connectivity index (χ4v) is 2.22. The number of halogens is 1. The molecule has 5 heteroatoms. The maximum absolute atomic E-state index is 12.4. The molecule has 104 valence electrons. The molecular formula is C13H22ClNO3. The van der Waals surface area contributed by atoms with Gasteiger partial charge in [0, 0.05) is 12.4 Å². The molecule has 1 aliphatic rings. The normalized spacial score (nSPS) is 20.7. The minimum absolute atomic E-state index is 0.0600. The second-order valence-electron chi connectivity index (χ2n) is 5.28. The highest BCUT2D eigenvalue weighted by Crippen LogP contribution is 2.26. The number of hydrogen-bond donors (Lipinski definition) is 0. The minimum Gasteiger partial charge on any atom is -0.464 e. The molecule has 0 radical (unpaired) electrons. The van der Waals surface area contributed by atoms with Crippen molar-refractivity contribution in [2.75, 3.05) is 19.0 Å². The summed E-state index contributed by atoms with van der Waals surface area (Å²) in [5, 5.41) is 0. The van der Waals surface area contributed by atoms with Gasteiger partial charge >= 0.3 is 5.97 Å². The second-order valence-corrected chi connectivity index (χ2v) is 5.55. The Balaban J connectivity index is 2.82. The monoisotopic (exact) mass is 275 g/mol. The Morgan fingerprint density at radius 2 is 2.06 bits per heavy atom. The summed E-state index contributed by atoms with van der Waals surface area (Å²) in [6, 6.07) is -0.436. The molecule has 0 aromatic carbocycles. The number of alkyl halides is 1. The van der Waals surface area contributed by atoms with Gasteiger partial charge in [0.05, 0.1) is 12.0 Å². The summed E-state index contributed by atoms with van der Waals surface area (Å²) in [7, 11) is 0. The summed E-state index contributed by atoms with van der Waals surface area (Å²) in [5.41, 5.74) is -0.635. The molecule has 18 heavy (non-hydrogen) atoms. The number of nitrogens with zero attached hydrogens (tertiary/aromatic N) is 1. The van der Waals surface area contributed by atoms with E-state index >= 15 is 0 Å². The first-order valence-electron chi connectivity index (χ1n) is 6.47. The van der Waals surface area contributed by atoms with Crippen molar-refractivity contribution >= 4 is 23.5 Å². The van der Waals surface area contributed by atoms with E-state index in [0.29, 0.717) is 19.6 Å². The molecule has 0 spiro atoms. The SMILES string of the molecule is CCOC(=O)C1CCCCN1C(=O)C(C)(C)CCl. The smallest absolute Gasteiger partial charge is 0.328 e. The highest BCUT2D eigenvalue weighted by molar-refractivity contribution is 6.19. The maximum atomic E-state index is 12.4. The fraction of sp³-hybridized carbons (Fsp3) is 0.846. The Hall–Kier alpha value is -0.770. The topological polar surface area (TPSA) is 46.6 Å². The van der Waals surface area contributed by atoms with E-state index in [-0.39, 0.29) is 17.8 Å². The Morgan fingerprint density at radius 1 is 1.39 bits per heavy atom. The van der Waals surface area contributed by atoms with Crippen LogP contribution in [0.1, 0.15) is 40.0 Å². The molecule has 1 rings (SSSR count). The standard InChI is InChI=1S/C13H22ClNO3/c1-4-18-11(16)10-7-5-6-8-15(10)12(17)13(2,3)9-14/h10H,4-9H2,1-3H3. The van der Waals surface area contributed by atoms with Gasteiger partial charge in [-0.2, -0.15) is 0 Å². The van der Waals surface area contributed by atoms with Crippen LogP contribution in [0, 0.1) is 5.41 Å². The first kappa shape index (κ1) is 15.3. The maximum Gasteiger partial charge on any atom is 0.328 e. The zero-order chi connectivity index (χ0) is 13.8. The first-order valence-corrected chi connectivity index (χ1v) is 7.01. The van der Waals surface area contributed by atoms with Crippen molar-refractivity contribution in [2.24, 2.45) is 5.41 Å². The highest BCUT2D eigenvalue weighted by atomic mass is 35.5. The van der Waals surface area contributed by atoms with Gasteiger partial charge in [-0.05, 0) is 40.0 Å². The third kappa shape index (κ3) is 3.37. The summed E-state index contributed by atoms with van der Waals surface area (Å²) in [6.45, 7) is 6.34. The Kier molecular flexibility index (Phi) is 5.45. The summed E-state index contributed by atoms with van der Waals surface area (Å²) < 4.78 is 5.04. The molecule has 1 aliphatic heterocycles. The Labute approximate surface area is 114 Å². The quantitative estimate of drug-likeness (QED) is 0.584. The number of piperidine rings is 1. The largest absolute Gasteiger partial charge is 0.464 e. The summed E-state index contributed by atoms with van der Waals surface area (Å²) in [4.78, 5) is 25.9. The molecule has 0 aromatic heterocycles. The average Bonchev–Trinajstić information content (AvgIpc) is 2.38. The van der Waals surface area contributed by atoms with Gasteiger partial charge in [0.25, 0.3) is 0 Å². The lowest BCUT2D eigenvalue weighted by molar-refractivity contribution is -0.159. The number of amides is 1. The molecular weight excluding hydrogens is 254 g/mol. The van der Waals surface area contributed by atoms with E-state index in [1.54, 1.807) is 25.7 Å². The molecule has 0 aliphatic carbocycles. The molecule has 1 atom stereocenters. The average molecular weight is 276 g/mol. The van der Waals surface area contributed by atoms with Crippen LogP contribution in [0.5, 0.6) is 0 Å². The van der Waals surface area contributed by atoms with Gasteiger partial charge in [-0.1, -0.05) is 0 Å². The highest BCUT2D eigenvalue weighted by Gasteiger charge is 2.39. The van der Waals surface area contributed by atoms with Crippen molar-refractivity contribution in [3.63, 3.8) is 0 Å². The molecule has 0 aromatic rings. The van der Waals surface area contributed by atoms with Crippen LogP contribution in [0.15, 0.2) is 0 Å². The molecule has 1 saturated heterocycles. The van der Waals surface area contributed by atoms with E-state index in [0.717, 1.165) is 12.8 Å². The number of carbonyl (C=O) groups excluding carboxylic acids is 2. The van der Waals surface area contributed by atoms with E-state index in [4.69, 9.17) is 16.3 Å². The predicted molar refractivity (Wildman–Crippen MR) is 70.5 cm³/mol. The van der Waals surface area contributed by atoms with E-state index in [2.05, 4.69) is 0 Å². The van der Waals surface area contributed by atoms with E-state index < -0.39 is 11.5 Å². The summed E-state index contributed by atoms with van der Waals surface area (Å²) in [5.74, 6) is -0.107. The van der Waals surface area contributed by atoms with E-state index in [1.165, 1.54) is 0 Å². The van der Waals surface area contributed by atoms with Gasteiger partial charge < -0.3 is 9.64 Å². The fourth-order valence-electron chi connectivity index (χ4n) is 2.10. The zero-order valence-corrected chi connectivity index (χ0v) is 12.1. The van der Waals surface area contributed by atoms with Crippen LogP contribution in [0.3, 0.4) is 0 Å². The number of hydrogen-bond acceptors (Lipinski definition) is 3. The van der Waals surface area contributed by atoms with E-state index in [9.17, 15) is 9.59 Å². The lowest BCUT2D eigenvalue weighted by atomic mass is 9.91. The number of carbonyl (C=O) groups is 2. The van der Waals surface area contributed by atoms with Gasteiger partial charge in [0.2, 0.25) is 5.91 Å². The van der Waals surface area contributed by atoms with Crippen molar-refractivity contribution in [1.82, 2.24) is 4.90 Å². The van der Waals surface area contributed by atoms with Crippen molar-refractivity contribution in [1.29, 1.82) is 0 Å². The van der Waals surface area contributed by atoms with Gasteiger partial charge in [0.15, 0.2) is 0 Å². The molecule has 1 heterocycles. The third-order valence-corrected chi connectivity index (χ3v) is 3.90. The van der Waals surface area contributed by atoms with Gasteiger partial charge in [-0.15, -0.1) is 11.6 Å². The van der Waals surface area contributed by atoms with Crippen molar-refractivity contribution in [3.8, 4) is 0 Å². The van der Waals surface area contributed by atoms with Crippen molar-refractivity contribution < 1.29 is 14.3 Å². The van der Waals surface area contributed by atoms with Crippen LogP contribution in [-0.4, -0.2) is 41.8 Å². The van der Waals surface area contributed by atoms with E-state index in [1.807, 2.05) is 0 Å². The first-order chi connectivity index (χ1) is 8.44. The van der Waals surface area contributed by atoms with Crippen LogP contribution in [0.4, 0.5) is 0 Å². The molecule has 0 saturated carbocycles. The minimum atomic E-state index is -0.635. The lowest BCUT2D eigenvalue weighted by Gasteiger charge is -2.38. The van der Waals surface area contributed by atoms with Gasteiger partial charge in [-0.3, -0.25) is 4.79 Å². The zero-order valence-electron chi connectivity index (χ0n) is 11.4. The van der Waals surface area contributed by atoms with Crippen molar-refractivity contribution in [3.05, 3.63) is 0 Å². The van der Waals surface area contributed by atoms with Gasteiger partial charge in [-0.25, -0.2) is 4.79 Å². The van der Waals surface area contributed by atoms with Crippen LogP contribution < -0.4 is 0 Å². The molecule has 4 nitrogen and oxygen atoms in total. The lowest BCUT2D eigenvalue weighted by Crippen LogP contribution is -2.53. The van der Waals surface area contributed by atoms with Crippen LogP contribution >= 0.6 is 11.6 Å². The molecule has 1 fully saturated rings. The third-order valence-electron chi connectivity index (χ3n) is 3.24. The Bertz CT molecular complexity index is 317. The summed E-state index contributed by atoms with van der Waals surface area (Å²) >= 11 is 5.83. The van der Waals surface area contributed by atoms with Crippen LogP contribution in [0.2, 0.25) is 0 Å². The molecule has 0 bridgehead atoms. The molecule has 1 amide bonds. The Morgan fingerprint density at radius 3 is 2.61 bits per heavy atom. The molecule has 0 N–H and O–H groups in total. The summed E-state index contributed by atoms with van der Waals surface area (Å²) in [6.07, 6.45) is 2.57. The number of rotatable bonds is 4. The van der Waals surface area contributed by atoms with Gasteiger partial charge in [0.1, 0.15) is 6.04 Å². The number of esters is 1. The number of likely N-dealkylation sites (tertiary alicyclic amines) is 1. The van der Waals surface area contributed by atoms with Crippen LogP contribution in [0.25, 0.3) is 0 Å². The molecule has 1 unspecified atom stereocenters.